The fraction of sp³-hybridized carbons (Fsp3) is 0.385. The van der Waals surface area contributed by atoms with Crippen molar-refractivity contribution in [1.82, 2.24) is 5.32 Å². The van der Waals surface area contributed by atoms with Crippen molar-refractivity contribution >= 4 is 40.7 Å². The van der Waals surface area contributed by atoms with Gasteiger partial charge in [0.15, 0.2) is 0 Å². The van der Waals surface area contributed by atoms with Crippen molar-refractivity contribution in [3.63, 3.8) is 0 Å². The Bertz CT molecular complexity index is 499. The van der Waals surface area contributed by atoms with Gasteiger partial charge in [-0.15, -0.1) is 0 Å². The molecule has 0 aromatic heterocycles. The molecule has 4 nitrogen and oxygen atoms in total. The minimum absolute atomic E-state index is 0.133. The summed E-state index contributed by atoms with van der Waals surface area (Å²) in [5.74, 6) is -0.311. The number of nitrogens with zero attached hydrogens (tertiary/aromatic N) is 1. The minimum atomic E-state index is -0.526. The molecule has 1 aliphatic rings. The van der Waals surface area contributed by atoms with Gasteiger partial charge >= 0.3 is 0 Å². The van der Waals surface area contributed by atoms with Gasteiger partial charge in [0.25, 0.3) is 0 Å². The van der Waals surface area contributed by atoms with Crippen molar-refractivity contribution in [3.05, 3.63) is 28.2 Å². The second-order valence-electron chi connectivity index (χ2n) is 4.34. The maximum atomic E-state index is 12.4. The molecule has 2 amide bonds. The summed E-state index contributed by atoms with van der Waals surface area (Å²) < 4.78 is 0. The molecular formula is C13H14Cl2N2O2. The first kappa shape index (κ1) is 14.2. The third-order valence-corrected chi connectivity index (χ3v) is 3.69. The second kappa shape index (κ2) is 5.80. The molecule has 19 heavy (non-hydrogen) atoms. The smallest absolute Gasteiger partial charge is 0.249 e. The molecular weight excluding hydrogens is 287 g/mol. The SMILES string of the molecule is CCC1NC(=O)CCN(c2c(Cl)cccc2Cl)C1=O. The Morgan fingerprint density at radius 3 is 2.53 bits per heavy atom. The molecule has 6 heteroatoms. The van der Waals surface area contributed by atoms with Gasteiger partial charge in [0.1, 0.15) is 6.04 Å². The van der Waals surface area contributed by atoms with Crippen molar-refractivity contribution in [3.8, 4) is 0 Å². The lowest BCUT2D eigenvalue weighted by molar-refractivity contribution is -0.125. The number of carbonyl (C=O) groups is 2. The van der Waals surface area contributed by atoms with Crippen LogP contribution >= 0.6 is 23.2 Å². The van der Waals surface area contributed by atoms with Crippen molar-refractivity contribution < 1.29 is 9.59 Å². The molecule has 1 aromatic carbocycles. The van der Waals surface area contributed by atoms with E-state index in [4.69, 9.17) is 23.2 Å². The van der Waals surface area contributed by atoms with Crippen LogP contribution in [0.4, 0.5) is 5.69 Å². The van der Waals surface area contributed by atoms with E-state index in [0.29, 0.717) is 22.2 Å². The van der Waals surface area contributed by atoms with Gasteiger partial charge in [-0.3, -0.25) is 9.59 Å². The van der Waals surface area contributed by atoms with Gasteiger partial charge in [-0.1, -0.05) is 36.2 Å². The Labute approximate surface area is 121 Å². The first-order chi connectivity index (χ1) is 9.04. The molecule has 1 aromatic rings. The van der Waals surface area contributed by atoms with E-state index in [2.05, 4.69) is 5.32 Å². The van der Waals surface area contributed by atoms with E-state index < -0.39 is 6.04 Å². The molecule has 0 radical (unpaired) electrons. The molecule has 102 valence electrons. The van der Waals surface area contributed by atoms with Gasteiger partial charge in [0.05, 0.1) is 15.7 Å². The topological polar surface area (TPSA) is 49.4 Å². The van der Waals surface area contributed by atoms with Crippen molar-refractivity contribution in [2.75, 3.05) is 11.4 Å². The molecule has 2 rings (SSSR count). The average molecular weight is 301 g/mol. The van der Waals surface area contributed by atoms with E-state index in [1.54, 1.807) is 18.2 Å². The summed E-state index contributed by atoms with van der Waals surface area (Å²) in [6.07, 6.45) is 0.771. The Kier molecular flexibility index (Phi) is 4.32. The molecule has 0 aliphatic carbocycles. The average Bonchev–Trinajstić information content (AvgIpc) is 2.51. The highest BCUT2D eigenvalue weighted by Gasteiger charge is 2.31. The van der Waals surface area contributed by atoms with E-state index in [0.717, 1.165) is 0 Å². The van der Waals surface area contributed by atoms with Crippen LogP contribution in [0, 0.1) is 0 Å². The number of halogens is 2. The quantitative estimate of drug-likeness (QED) is 0.913. The summed E-state index contributed by atoms with van der Waals surface area (Å²) in [5.41, 5.74) is 0.478. The molecule has 1 aliphatic heterocycles. The molecule has 1 N–H and O–H groups in total. The molecule has 1 atom stereocenters. The maximum Gasteiger partial charge on any atom is 0.249 e. The van der Waals surface area contributed by atoms with E-state index in [1.807, 2.05) is 6.92 Å². The standard InChI is InChI=1S/C13H14Cl2N2O2/c1-2-10-13(19)17(7-6-11(18)16-10)12-8(14)4-3-5-9(12)15/h3-5,10H,2,6-7H2,1H3,(H,16,18). The molecule has 0 saturated carbocycles. The van der Waals surface area contributed by atoms with Crippen LogP contribution < -0.4 is 10.2 Å². The summed E-state index contributed by atoms with van der Waals surface area (Å²) in [4.78, 5) is 25.5. The third kappa shape index (κ3) is 2.85. The minimum Gasteiger partial charge on any atom is -0.344 e. The predicted octanol–water partition coefficient (Wildman–Crippen LogP) is 2.62. The third-order valence-electron chi connectivity index (χ3n) is 3.08. The van der Waals surface area contributed by atoms with Gasteiger partial charge in [0.2, 0.25) is 11.8 Å². The highest BCUT2D eigenvalue weighted by Crippen LogP contribution is 2.34. The van der Waals surface area contributed by atoms with E-state index >= 15 is 0 Å². The summed E-state index contributed by atoms with van der Waals surface area (Å²) in [6.45, 7) is 2.13. The van der Waals surface area contributed by atoms with Crippen LogP contribution in [0.1, 0.15) is 19.8 Å². The van der Waals surface area contributed by atoms with Gasteiger partial charge < -0.3 is 10.2 Å². The number of hydrogen-bond donors (Lipinski definition) is 1. The molecule has 1 saturated heterocycles. The molecule has 0 bridgehead atoms. The number of hydrogen-bond acceptors (Lipinski definition) is 2. The fourth-order valence-corrected chi connectivity index (χ4v) is 2.69. The molecule has 1 heterocycles. The molecule has 1 unspecified atom stereocenters. The highest BCUT2D eigenvalue weighted by molar-refractivity contribution is 6.40. The van der Waals surface area contributed by atoms with Crippen LogP contribution in [0.15, 0.2) is 18.2 Å². The van der Waals surface area contributed by atoms with Crippen molar-refractivity contribution in [2.24, 2.45) is 0 Å². The number of amides is 2. The van der Waals surface area contributed by atoms with Crippen LogP contribution in [0.3, 0.4) is 0 Å². The monoisotopic (exact) mass is 300 g/mol. The van der Waals surface area contributed by atoms with Gasteiger partial charge in [-0.25, -0.2) is 0 Å². The Morgan fingerprint density at radius 1 is 1.32 bits per heavy atom. The summed E-state index contributed by atoms with van der Waals surface area (Å²) in [6, 6.07) is 4.55. The van der Waals surface area contributed by atoms with Crippen LogP contribution in [-0.2, 0) is 9.59 Å². The lowest BCUT2D eigenvalue weighted by Crippen LogP contribution is -2.44. The number of nitrogens with one attached hydrogen (secondary N) is 1. The van der Waals surface area contributed by atoms with Crippen LogP contribution in [0.2, 0.25) is 10.0 Å². The summed E-state index contributed by atoms with van der Waals surface area (Å²) in [7, 11) is 0. The zero-order valence-electron chi connectivity index (χ0n) is 10.5. The van der Waals surface area contributed by atoms with E-state index in [-0.39, 0.29) is 24.8 Å². The number of benzene rings is 1. The highest BCUT2D eigenvalue weighted by atomic mass is 35.5. The number of para-hydroxylation sites is 1. The summed E-state index contributed by atoms with van der Waals surface area (Å²) in [5, 5.41) is 3.52. The first-order valence-electron chi connectivity index (χ1n) is 6.09. The van der Waals surface area contributed by atoms with Crippen molar-refractivity contribution in [1.29, 1.82) is 0 Å². The largest absolute Gasteiger partial charge is 0.344 e. The Morgan fingerprint density at radius 2 is 1.95 bits per heavy atom. The van der Waals surface area contributed by atoms with Crippen LogP contribution in [-0.4, -0.2) is 24.4 Å². The van der Waals surface area contributed by atoms with E-state index in [9.17, 15) is 9.59 Å². The van der Waals surface area contributed by atoms with Gasteiger partial charge in [-0.2, -0.15) is 0 Å². The zero-order chi connectivity index (χ0) is 14.0. The number of carbonyl (C=O) groups excluding carboxylic acids is 2. The lowest BCUT2D eigenvalue weighted by Gasteiger charge is -2.25. The lowest BCUT2D eigenvalue weighted by atomic mass is 10.2. The first-order valence-corrected chi connectivity index (χ1v) is 6.85. The zero-order valence-corrected chi connectivity index (χ0v) is 12.0. The van der Waals surface area contributed by atoms with Crippen molar-refractivity contribution in [2.45, 2.75) is 25.8 Å². The Balaban J connectivity index is 2.42. The van der Waals surface area contributed by atoms with Crippen LogP contribution in [0.25, 0.3) is 0 Å². The summed E-state index contributed by atoms with van der Waals surface area (Å²) >= 11 is 12.3. The van der Waals surface area contributed by atoms with Gasteiger partial charge in [0, 0.05) is 13.0 Å². The number of anilines is 1. The van der Waals surface area contributed by atoms with Crippen LogP contribution in [0.5, 0.6) is 0 Å². The van der Waals surface area contributed by atoms with Gasteiger partial charge in [-0.05, 0) is 18.6 Å². The molecule has 0 spiro atoms. The maximum absolute atomic E-state index is 12.4. The number of rotatable bonds is 2. The van der Waals surface area contributed by atoms with E-state index in [1.165, 1.54) is 4.90 Å². The fourth-order valence-electron chi connectivity index (χ4n) is 2.09. The normalized spacial score (nSPS) is 20.2. The predicted molar refractivity (Wildman–Crippen MR) is 75.7 cm³/mol. The second-order valence-corrected chi connectivity index (χ2v) is 5.15. The Hall–Kier alpha value is -1.26. The molecule has 1 fully saturated rings.